The van der Waals surface area contributed by atoms with Crippen molar-refractivity contribution in [2.24, 2.45) is 0 Å². The number of hydrogen-bond acceptors (Lipinski definition) is 6. The number of anilines is 2. The number of aryl methyl sites for hydroxylation is 1. The summed E-state index contributed by atoms with van der Waals surface area (Å²) in [6.07, 6.45) is 0. The maximum absolute atomic E-state index is 12.9. The summed E-state index contributed by atoms with van der Waals surface area (Å²) in [5.74, 6) is -0.0822. The van der Waals surface area contributed by atoms with Crippen LogP contribution in [0.4, 0.5) is 10.8 Å². The van der Waals surface area contributed by atoms with Gasteiger partial charge in [0.05, 0.1) is 0 Å². The van der Waals surface area contributed by atoms with E-state index >= 15 is 0 Å². The van der Waals surface area contributed by atoms with Gasteiger partial charge in [-0.3, -0.25) is 4.79 Å². The van der Waals surface area contributed by atoms with Crippen LogP contribution in [0.5, 0.6) is 0 Å². The molecule has 1 atom stereocenters. The molecule has 1 heterocycles. The van der Waals surface area contributed by atoms with Crippen molar-refractivity contribution in [1.82, 2.24) is 10.2 Å². The number of amides is 1. The summed E-state index contributed by atoms with van der Waals surface area (Å²) in [5.41, 5.74) is 2.86. The van der Waals surface area contributed by atoms with E-state index in [-0.39, 0.29) is 5.91 Å². The first-order valence-electron chi connectivity index (χ1n) is 7.76. The van der Waals surface area contributed by atoms with Crippen LogP contribution in [0.25, 0.3) is 0 Å². The molecule has 0 unspecified atom stereocenters. The molecule has 0 aliphatic rings. The van der Waals surface area contributed by atoms with Crippen molar-refractivity contribution in [2.75, 3.05) is 17.7 Å². The summed E-state index contributed by atoms with van der Waals surface area (Å²) in [7, 11) is 1.80. The van der Waals surface area contributed by atoms with Crippen molar-refractivity contribution in [1.29, 1.82) is 0 Å². The number of rotatable bonds is 6. The highest BCUT2D eigenvalue weighted by Crippen LogP contribution is 2.38. The largest absolute Gasteiger partial charge is 0.363 e. The Bertz CT molecular complexity index is 834. The van der Waals surface area contributed by atoms with Crippen LogP contribution in [0.1, 0.15) is 16.4 Å². The van der Waals surface area contributed by atoms with Gasteiger partial charge in [-0.2, -0.15) is 0 Å². The molecular weight excluding hydrogens is 352 g/mol. The third kappa shape index (κ3) is 4.58. The van der Waals surface area contributed by atoms with Crippen molar-refractivity contribution in [2.45, 2.75) is 16.5 Å². The molecule has 0 saturated carbocycles. The highest BCUT2D eigenvalue weighted by atomic mass is 32.2. The number of aromatic nitrogens is 2. The minimum absolute atomic E-state index is 0.0822. The zero-order valence-electron chi connectivity index (χ0n) is 13.9. The average molecular weight is 371 g/mol. The van der Waals surface area contributed by atoms with Gasteiger partial charge in [-0.05, 0) is 24.6 Å². The SMILES string of the molecule is CNc1nnc(S[C@H](C(=O)Nc2ccc(C)cc2)c2ccccc2)s1. The van der Waals surface area contributed by atoms with Crippen molar-refractivity contribution in [3.05, 3.63) is 65.7 Å². The van der Waals surface area contributed by atoms with E-state index in [0.717, 1.165) is 26.3 Å². The average Bonchev–Trinajstić information content (AvgIpc) is 3.10. The fourth-order valence-electron chi connectivity index (χ4n) is 2.20. The number of carbonyl (C=O) groups excluding carboxylic acids is 1. The Labute approximate surface area is 154 Å². The zero-order valence-corrected chi connectivity index (χ0v) is 15.5. The van der Waals surface area contributed by atoms with Crippen molar-refractivity contribution in [3.8, 4) is 0 Å². The van der Waals surface area contributed by atoms with E-state index < -0.39 is 5.25 Å². The van der Waals surface area contributed by atoms with E-state index in [4.69, 9.17) is 0 Å². The lowest BCUT2D eigenvalue weighted by Gasteiger charge is -2.15. The topological polar surface area (TPSA) is 66.9 Å². The highest BCUT2D eigenvalue weighted by molar-refractivity contribution is 8.02. The molecule has 0 bridgehead atoms. The van der Waals surface area contributed by atoms with Crippen molar-refractivity contribution >= 4 is 39.8 Å². The second-order valence-corrected chi connectivity index (χ2v) is 7.72. The molecule has 5 nitrogen and oxygen atoms in total. The first-order valence-corrected chi connectivity index (χ1v) is 9.45. The Morgan fingerprint density at radius 1 is 1.08 bits per heavy atom. The molecule has 1 aromatic heterocycles. The van der Waals surface area contributed by atoms with Gasteiger partial charge in [0.2, 0.25) is 11.0 Å². The molecule has 2 aromatic carbocycles. The minimum atomic E-state index is -0.403. The van der Waals surface area contributed by atoms with Gasteiger partial charge in [0.15, 0.2) is 4.34 Å². The molecule has 25 heavy (non-hydrogen) atoms. The Hall–Kier alpha value is -2.38. The summed E-state index contributed by atoms with van der Waals surface area (Å²) in [6.45, 7) is 2.02. The van der Waals surface area contributed by atoms with Gasteiger partial charge in [-0.25, -0.2) is 0 Å². The number of nitrogens with zero attached hydrogens (tertiary/aromatic N) is 2. The number of benzene rings is 2. The van der Waals surface area contributed by atoms with E-state index in [1.54, 1.807) is 7.05 Å². The van der Waals surface area contributed by atoms with Crippen LogP contribution in [0.2, 0.25) is 0 Å². The van der Waals surface area contributed by atoms with Crippen LogP contribution < -0.4 is 10.6 Å². The van der Waals surface area contributed by atoms with Crippen LogP contribution >= 0.6 is 23.1 Å². The van der Waals surface area contributed by atoms with E-state index in [2.05, 4.69) is 20.8 Å². The summed E-state index contributed by atoms with van der Waals surface area (Å²) in [5, 5.41) is 14.5. The molecule has 0 fully saturated rings. The van der Waals surface area contributed by atoms with Gasteiger partial charge in [0.1, 0.15) is 5.25 Å². The number of thioether (sulfide) groups is 1. The third-order valence-corrected chi connectivity index (χ3v) is 5.78. The Kier molecular flexibility index (Phi) is 5.67. The molecule has 0 radical (unpaired) electrons. The number of nitrogens with one attached hydrogen (secondary N) is 2. The van der Waals surface area contributed by atoms with Gasteiger partial charge in [0.25, 0.3) is 0 Å². The van der Waals surface area contributed by atoms with Gasteiger partial charge in [-0.1, -0.05) is 71.1 Å². The molecule has 128 valence electrons. The first kappa shape index (κ1) is 17.4. The van der Waals surface area contributed by atoms with Gasteiger partial charge in [0, 0.05) is 12.7 Å². The summed E-state index contributed by atoms with van der Waals surface area (Å²) >= 11 is 2.83. The Morgan fingerprint density at radius 3 is 2.44 bits per heavy atom. The van der Waals surface area contributed by atoms with Crippen LogP contribution in [-0.4, -0.2) is 23.2 Å². The summed E-state index contributed by atoms with van der Waals surface area (Å²) in [4.78, 5) is 12.9. The molecule has 0 aliphatic heterocycles. The number of hydrogen-bond donors (Lipinski definition) is 2. The quantitative estimate of drug-likeness (QED) is 0.631. The van der Waals surface area contributed by atoms with E-state index in [1.807, 2.05) is 61.5 Å². The predicted octanol–water partition coefficient (Wildman–Crippen LogP) is 4.36. The van der Waals surface area contributed by atoms with Crippen LogP contribution in [0, 0.1) is 6.92 Å². The molecule has 3 aromatic rings. The second-order valence-electron chi connectivity index (χ2n) is 5.39. The molecule has 0 saturated heterocycles. The van der Waals surface area contributed by atoms with Gasteiger partial charge < -0.3 is 10.6 Å². The molecule has 3 rings (SSSR count). The lowest BCUT2D eigenvalue weighted by molar-refractivity contribution is -0.115. The minimum Gasteiger partial charge on any atom is -0.363 e. The lowest BCUT2D eigenvalue weighted by Crippen LogP contribution is -2.19. The molecular formula is C18H18N4OS2. The zero-order chi connectivity index (χ0) is 17.6. The van der Waals surface area contributed by atoms with Gasteiger partial charge >= 0.3 is 0 Å². The molecule has 7 heteroatoms. The maximum atomic E-state index is 12.9. The highest BCUT2D eigenvalue weighted by Gasteiger charge is 2.24. The van der Waals surface area contributed by atoms with Crippen molar-refractivity contribution in [3.63, 3.8) is 0 Å². The first-order chi connectivity index (χ1) is 12.2. The second kappa shape index (κ2) is 8.13. The van der Waals surface area contributed by atoms with Crippen molar-refractivity contribution < 1.29 is 4.79 Å². The maximum Gasteiger partial charge on any atom is 0.242 e. The van der Waals surface area contributed by atoms with Gasteiger partial charge in [-0.15, -0.1) is 10.2 Å². The molecule has 0 spiro atoms. The monoisotopic (exact) mass is 370 g/mol. The fraction of sp³-hybridized carbons (Fsp3) is 0.167. The lowest BCUT2D eigenvalue weighted by atomic mass is 10.1. The smallest absolute Gasteiger partial charge is 0.242 e. The van der Waals surface area contributed by atoms with Crippen LogP contribution in [0.3, 0.4) is 0 Å². The fourth-order valence-corrected chi connectivity index (χ4v) is 4.10. The normalized spacial score (nSPS) is 11.8. The Balaban J connectivity index is 1.82. The number of carbonyl (C=O) groups is 1. The van der Waals surface area contributed by atoms with E-state index in [9.17, 15) is 4.79 Å². The summed E-state index contributed by atoms with van der Waals surface area (Å²) < 4.78 is 0.747. The molecule has 1 amide bonds. The standard InChI is InChI=1S/C18H18N4OS2/c1-12-8-10-14(11-9-12)20-16(23)15(13-6-4-3-5-7-13)24-18-22-21-17(19-2)25-18/h3-11,15H,1-2H3,(H,19,21)(H,20,23)/t15-/m0/s1. The summed E-state index contributed by atoms with van der Waals surface area (Å²) in [6, 6.07) is 17.5. The van der Waals surface area contributed by atoms with Crippen LogP contribution in [0.15, 0.2) is 58.9 Å². The predicted molar refractivity (Wildman–Crippen MR) is 104 cm³/mol. The molecule has 0 aliphatic carbocycles. The van der Waals surface area contributed by atoms with Crippen LogP contribution in [-0.2, 0) is 4.79 Å². The third-order valence-electron chi connectivity index (χ3n) is 3.50. The Morgan fingerprint density at radius 2 is 1.80 bits per heavy atom. The molecule has 2 N–H and O–H groups in total. The van der Waals surface area contributed by atoms with E-state index in [1.165, 1.54) is 23.1 Å². The van der Waals surface area contributed by atoms with E-state index in [0.29, 0.717) is 0 Å².